The van der Waals surface area contributed by atoms with E-state index in [2.05, 4.69) is 0 Å². The van der Waals surface area contributed by atoms with Crippen molar-refractivity contribution >= 4 is 34.8 Å². The number of esters is 1. The van der Waals surface area contributed by atoms with E-state index >= 15 is 0 Å². The fourth-order valence-electron chi connectivity index (χ4n) is 4.11. The van der Waals surface area contributed by atoms with Gasteiger partial charge in [0, 0.05) is 25.9 Å². The highest BCUT2D eigenvalue weighted by Crippen LogP contribution is 2.37. The van der Waals surface area contributed by atoms with E-state index in [1.165, 1.54) is 27.6 Å². The second kappa shape index (κ2) is 10.3. The van der Waals surface area contributed by atoms with Crippen molar-refractivity contribution in [1.29, 1.82) is 0 Å². The van der Waals surface area contributed by atoms with Gasteiger partial charge in [0.05, 0.1) is 45.1 Å². The van der Waals surface area contributed by atoms with E-state index in [0.717, 1.165) is 12.1 Å². The predicted molar refractivity (Wildman–Crippen MR) is 137 cm³/mol. The Balaban J connectivity index is 1.94. The maximum atomic E-state index is 13.8. The Morgan fingerprint density at radius 2 is 1.63 bits per heavy atom. The number of nitrogens with zero attached hydrogens (tertiary/aromatic N) is 2. The highest BCUT2D eigenvalue weighted by atomic mass is 35.5. The fraction of sp³-hybridized carbons (Fsp3) is 0.179. The number of carbonyl (C=O) groups is 3. The molecule has 4 rings (SSSR count). The minimum atomic E-state index is -4.82. The second-order valence-corrected chi connectivity index (χ2v) is 9.01. The maximum Gasteiger partial charge on any atom is 0.417 e. The van der Waals surface area contributed by atoms with Gasteiger partial charge in [-0.05, 0) is 55.0 Å². The number of ether oxygens (including phenoxy) is 1. The fourth-order valence-corrected chi connectivity index (χ4v) is 4.37. The van der Waals surface area contributed by atoms with Crippen LogP contribution >= 0.6 is 11.6 Å². The zero-order valence-corrected chi connectivity index (χ0v) is 21.4. The maximum absolute atomic E-state index is 13.8. The minimum absolute atomic E-state index is 0.114. The summed E-state index contributed by atoms with van der Waals surface area (Å²) in [6.45, 7) is 1.91. The SMILES string of the molecule is CCOC(=O)c1ccc(-c2cc(C(=O)c3c(Cl)cccc3C(F)(F)F)n3cc(C(=O)N(C)C)ccc23)cc1. The summed E-state index contributed by atoms with van der Waals surface area (Å²) in [4.78, 5) is 39.7. The van der Waals surface area contributed by atoms with Gasteiger partial charge in [-0.1, -0.05) is 29.8 Å². The van der Waals surface area contributed by atoms with Crippen LogP contribution in [0.3, 0.4) is 0 Å². The minimum Gasteiger partial charge on any atom is -0.462 e. The monoisotopic (exact) mass is 542 g/mol. The number of hydrogen-bond acceptors (Lipinski definition) is 4. The summed E-state index contributed by atoms with van der Waals surface area (Å²) >= 11 is 6.12. The lowest BCUT2D eigenvalue weighted by atomic mass is 10.00. The Morgan fingerprint density at radius 1 is 0.974 bits per heavy atom. The average molecular weight is 543 g/mol. The number of aromatic nitrogens is 1. The molecule has 0 N–H and O–H groups in total. The Morgan fingerprint density at radius 3 is 2.24 bits per heavy atom. The van der Waals surface area contributed by atoms with E-state index in [-0.39, 0.29) is 28.8 Å². The van der Waals surface area contributed by atoms with Gasteiger partial charge in [0.1, 0.15) is 0 Å². The molecule has 0 bridgehead atoms. The summed E-state index contributed by atoms with van der Waals surface area (Å²) in [7, 11) is 3.12. The van der Waals surface area contributed by atoms with Crippen LogP contribution in [0.15, 0.2) is 66.9 Å². The molecule has 1 amide bonds. The Bertz CT molecular complexity index is 1560. The lowest BCUT2D eigenvalue weighted by Crippen LogP contribution is -2.22. The molecule has 4 aromatic rings. The van der Waals surface area contributed by atoms with Crippen LogP contribution in [0.25, 0.3) is 16.6 Å². The van der Waals surface area contributed by atoms with E-state index in [1.807, 2.05) is 0 Å². The molecule has 0 aliphatic rings. The Labute approximate surface area is 221 Å². The first kappa shape index (κ1) is 26.9. The zero-order valence-electron chi connectivity index (χ0n) is 20.6. The van der Waals surface area contributed by atoms with Crippen LogP contribution in [-0.2, 0) is 10.9 Å². The number of ketones is 1. The van der Waals surface area contributed by atoms with Crippen molar-refractivity contribution in [3.05, 3.63) is 99.8 Å². The van der Waals surface area contributed by atoms with Gasteiger partial charge in [-0.2, -0.15) is 13.2 Å². The second-order valence-electron chi connectivity index (χ2n) is 8.60. The molecule has 0 unspecified atom stereocenters. The van der Waals surface area contributed by atoms with Crippen molar-refractivity contribution in [2.45, 2.75) is 13.1 Å². The number of alkyl halides is 3. The number of carbonyl (C=O) groups excluding carboxylic acids is 3. The number of benzene rings is 2. The number of hydrogen-bond donors (Lipinski definition) is 0. The third-order valence-electron chi connectivity index (χ3n) is 5.90. The summed E-state index contributed by atoms with van der Waals surface area (Å²) in [5, 5.41) is -0.347. The molecule has 2 aromatic carbocycles. The molecular formula is C28H22ClF3N2O4. The van der Waals surface area contributed by atoms with Crippen LogP contribution in [0.5, 0.6) is 0 Å². The Hall–Kier alpha value is -4.11. The summed E-state index contributed by atoms with van der Waals surface area (Å²) in [6.07, 6.45) is -3.41. The van der Waals surface area contributed by atoms with Gasteiger partial charge in [0.2, 0.25) is 5.78 Å². The molecule has 38 heavy (non-hydrogen) atoms. The molecule has 0 radical (unpaired) electrons. The summed E-state index contributed by atoms with van der Waals surface area (Å²) < 4.78 is 47.8. The van der Waals surface area contributed by atoms with Crippen LogP contribution in [0.2, 0.25) is 5.02 Å². The van der Waals surface area contributed by atoms with Gasteiger partial charge < -0.3 is 14.0 Å². The zero-order chi connectivity index (χ0) is 27.8. The van der Waals surface area contributed by atoms with Crippen molar-refractivity contribution in [2.24, 2.45) is 0 Å². The standard InChI is InChI=1S/C28H22ClF3N2O4/c1-4-38-27(37)17-10-8-16(9-11-17)19-14-23(34-15-18(12-13-22(19)34)26(36)33(2)3)25(35)24-20(28(30,31)32)6-5-7-21(24)29/h5-15H,4H2,1-3H3. The molecule has 196 valence electrons. The van der Waals surface area contributed by atoms with Gasteiger partial charge in [-0.3, -0.25) is 9.59 Å². The number of amides is 1. The van der Waals surface area contributed by atoms with Crippen LogP contribution in [0.4, 0.5) is 13.2 Å². The summed E-state index contributed by atoms with van der Waals surface area (Å²) in [5.41, 5.74) is 0.154. The van der Waals surface area contributed by atoms with Gasteiger partial charge >= 0.3 is 12.1 Å². The molecule has 0 aliphatic heterocycles. The third kappa shape index (κ3) is 5.02. The van der Waals surface area contributed by atoms with Crippen molar-refractivity contribution in [1.82, 2.24) is 9.30 Å². The van der Waals surface area contributed by atoms with E-state index in [0.29, 0.717) is 22.2 Å². The first-order valence-corrected chi connectivity index (χ1v) is 11.9. The molecule has 6 nitrogen and oxygen atoms in total. The summed E-state index contributed by atoms with van der Waals surface area (Å²) in [5.74, 6) is -1.81. The van der Waals surface area contributed by atoms with E-state index in [9.17, 15) is 27.6 Å². The first-order valence-electron chi connectivity index (χ1n) is 11.5. The number of fused-ring (bicyclic) bond motifs is 1. The summed E-state index contributed by atoms with van der Waals surface area (Å²) in [6, 6.07) is 14.2. The number of halogens is 4. The molecule has 0 saturated heterocycles. The van der Waals surface area contributed by atoms with Crippen LogP contribution < -0.4 is 0 Å². The molecule has 10 heteroatoms. The number of rotatable bonds is 6. The number of pyridine rings is 1. The lowest BCUT2D eigenvalue weighted by molar-refractivity contribution is -0.137. The largest absolute Gasteiger partial charge is 0.462 e. The predicted octanol–water partition coefficient (Wildman–Crippen LogP) is 6.39. The molecule has 0 aliphatic carbocycles. The lowest BCUT2D eigenvalue weighted by Gasteiger charge is -2.14. The van der Waals surface area contributed by atoms with E-state index in [4.69, 9.17) is 16.3 Å². The van der Waals surface area contributed by atoms with Crippen molar-refractivity contribution in [2.75, 3.05) is 20.7 Å². The first-order chi connectivity index (χ1) is 17.9. The topological polar surface area (TPSA) is 68.1 Å². The average Bonchev–Trinajstić information content (AvgIpc) is 3.26. The third-order valence-corrected chi connectivity index (χ3v) is 6.22. The molecule has 0 atom stereocenters. The van der Waals surface area contributed by atoms with Crippen LogP contribution in [-0.4, -0.2) is 47.7 Å². The van der Waals surface area contributed by atoms with Gasteiger partial charge in [-0.25, -0.2) is 4.79 Å². The smallest absolute Gasteiger partial charge is 0.417 e. The van der Waals surface area contributed by atoms with Crippen molar-refractivity contribution in [3.63, 3.8) is 0 Å². The highest BCUT2D eigenvalue weighted by molar-refractivity contribution is 6.35. The highest BCUT2D eigenvalue weighted by Gasteiger charge is 2.37. The van der Waals surface area contributed by atoms with E-state index in [1.54, 1.807) is 57.4 Å². The van der Waals surface area contributed by atoms with E-state index < -0.39 is 29.1 Å². The van der Waals surface area contributed by atoms with Crippen LogP contribution in [0, 0.1) is 0 Å². The van der Waals surface area contributed by atoms with Gasteiger partial charge in [0.25, 0.3) is 5.91 Å². The molecule has 2 aromatic heterocycles. The molecule has 0 spiro atoms. The molecular weight excluding hydrogens is 521 g/mol. The Kier molecular flexibility index (Phi) is 7.33. The van der Waals surface area contributed by atoms with Gasteiger partial charge in [0.15, 0.2) is 0 Å². The molecule has 0 saturated carbocycles. The van der Waals surface area contributed by atoms with Gasteiger partial charge in [-0.15, -0.1) is 0 Å². The van der Waals surface area contributed by atoms with Crippen molar-refractivity contribution in [3.8, 4) is 11.1 Å². The van der Waals surface area contributed by atoms with Crippen molar-refractivity contribution < 1.29 is 32.3 Å². The molecule has 0 fully saturated rings. The molecule has 2 heterocycles. The normalized spacial score (nSPS) is 11.4. The quantitative estimate of drug-likeness (QED) is 0.209. The van der Waals surface area contributed by atoms with Crippen LogP contribution in [0.1, 0.15) is 49.3 Å².